The van der Waals surface area contributed by atoms with Crippen molar-refractivity contribution in [2.24, 2.45) is 0 Å². The summed E-state index contributed by atoms with van der Waals surface area (Å²) >= 11 is 0. The van der Waals surface area contributed by atoms with Gasteiger partial charge in [-0.2, -0.15) is 4.98 Å². The van der Waals surface area contributed by atoms with Crippen LogP contribution in [0.25, 0.3) is 11.3 Å². The quantitative estimate of drug-likeness (QED) is 0.742. The molecule has 0 radical (unpaired) electrons. The van der Waals surface area contributed by atoms with E-state index in [1.54, 1.807) is 0 Å². The molecule has 1 aromatic heterocycles. The van der Waals surface area contributed by atoms with E-state index in [-0.39, 0.29) is 0 Å². The molecule has 0 aliphatic carbocycles. The van der Waals surface area contributed by atoms with Crippen molar-refractivity contribution in [3.8, 4) is 11.3 Å². The Labute approximate surface area is 136 Å². The van der Waals surface area contributed by atoms with Gasteiger partial charge >= 0.3 is 0 Å². The summed E-state index contributed by atoms with van der Waals surface area (Å²) in [5, 5.41) is 6.40. The van der Waals surface area contributed by atoms with Gasteiger partial charge < -0.3 is 10.6 Å². The Morgan fingerprint density at radius 1 is 0.826 bits per heavy atom. The zero-order valence-corrected chi connectivity index (χ0v) is 13.6. The number of benzene rings is 2. The molecule has 1 heterocycles. The summed E-state index contributed by atoms with van der Waals surface area (Å²) in [6.45, 7) is 4.18. The molecule has 0 aliphatic rings. The van der Waals surface area contributed by atoms with Crippen LogP contribution in [0.5, 0.6) is 0 Å². The van der Waals surface area contributed by atoms with Crippen molar-refractivity contribution < 1.29 is 0 Å². The van der Waals surface area contributed by atoms with Gasteiger partial charge in [0.1, 0.15) is 5.82 Å². The number of anilines is 3. The van der Waals surface area contributed by atoms with Crippen molar-refractivity contribution in [1.29, 1.82) is 0 Å². The number of nitrogens with zero attached hydrogens (tertiary/aromatic N) is 2. The van der Waals surface area contributed by atoms with Gasteiger partial charge in [0.25, 0.3) is 0 Å². The number of aryl methyl sites for hydroxylation is 2. The summed E-state index contributed by atoms with van der Waals surface area (Å²) in [6, 6.07) is 18.4. The van der Waals surface area contributed by atoms with Crippen LogP contribution in [0.4, 0.5) is 17.5 Å². The van der Waals surface area contributed by atoms with Crippen molar-refractivity contribution in [3.05, 3.63) is 65.7 Å². The van der Waals surface area contributed by atoms with E-state index in [4.69, 9.17) is 0 Å². The minimum absolute atomic E-state index is 0.596. The SMILES string of the molecule is CNc1nc(Nc2cc(C)cc(C)c2)cc(-c2ccccc2)n1. The van der Waals surface area contributed by atoms with Crippen LogP contribution < -0.4 is 10.6 Å². The van der Waals surface area contributed by atoms with E-state index in [1.165, 1.54) is 11.1 Å². The topological polar surface area (TPSA) is 49.8 Å². The first-order valence-corrected chi connectivity index (χ1v) is 7.61. The van der Waals surface area contributed by atoms with Crippen molar-refractivity contribution in [2.45, 2.75) is 13.8 Å². The summed E-state index contributed by atoms with van der Waals surface area (Å²) in [6.07, 6.45) is 0. The maximum Gasteiger partial charge on any atom is 0.224 e. The molecule has 0 bridgehead atoms. The molecule has 4 nitrogen and oxygen atoms in total. The summed E-state index contributed by atoms with van der Waals surface area (Å²) < 4.78 is 0. The normalized spacial score (nSPS) is 10.4. The molecule has 0 saturated carbocycles. The van der Waals surface area contributed by atoms with E-state index in [0.717, 1.165) is 22.8 Å². The molecule has 23 heavy (non-hydrogen) atoms. The molecule has 0 spiro atoms. The average molecular weight is 304 g/mol. The van der Waals surface area contributed by atoms with E-state index >= 15 is 0 Å². The zero-order valence-electron chi connectivity index (χ0n) is 13.6. The number of aromatic nitrogens is 2. The molecule has 0 atom stereocenters. The van der Waals surface area contributed by atoms with Gasteiger partial charge in [-0.05, 0) is 37.1 Å². The Morgan fingerprint density at radius 3 is 2.17 bits per heavy atom. The Kier molecular flexibility index (Phi) is 4.24. The third kappa shape index (κ3) is 3.66. The van der Waals surface area contributed by atoms with Crippen LogP contribution in [-0.4, -0.2) is 17.0 Å². The molecule has 0 aliphatic heterocycles. The molecule has 3 rings (SSSR count). The van der Waals surface area contributed by atoms with Gasteiger partial charge in [0.2, 0.25) is 5.95 Å². The monoisotopic (exact) mass is 304 g/mol. The first kappa shape index (κ1) is 15.0. The van der Waals surface area contributed by atoms with Crippen LogP contribution in [0, 0.1) is 13.8 Å². The highest BCUT2D eigenvalue weighted by molar-refractivity contribution is 5.67. The van der Waals surface area contributed by atoms with Gasteiger partial charge in [-0.25, -0.2) is 4.98 Å². The van der Waals surface area contributed by atoms with Crippen LogP contribution >= 0.6 is 0 Å². The fourth-order valence-electron chi connectivity index (χ4n) is 2.57. The van der Waals surface area contributed by atoms with E-state index in [2.05, 4.69) is 52.6 Å². The summed E-state index contributed by atoms with van der Waals surface area (Å²) in [7, 11) is 1.82. The van der Waals surface area contributed by atoms with Gasteiger partial charge in [0, 0.05) is 24.4 Å². The third-order valence-electron chi connectivity index (χ3n) is 3.51. The van der Waals surface area contributed by atoms with Gasteiger partial charge in [0.05, 0.1) is 5.69 Å². The van der Waals surface area contributed by atoms with Gasteiger partial charge in [0.15, 0.2) is 0 Å². The van der Waals surface area contributed by atoms with Crippen molar-refractivity contribution in [2.75, 3.05) is 17.7 Å². The Balaban J connectivity index is 1.98. The predicted molar refractivity (Wildman–Crippen MR) is 96.2 cm³/mol. The Hall–Kier alpha value is -2.88. The lowest BCUT2D eigenvalue weighted by atomic mass is 10.1. The first-order chi connectivity index (χ1) is 11.1. The van der Waals surface area contributed by atoms with E-state index in [0.29, 0.717) is 5.95 Å². The lowest BCUT2D eigenvalue weighted by Crippen LogP contribution is -2.02. The maximum atomic E-state index is 4.54. The minimum atomic E-state index is 0.596. The number of nitrogens with one attached hydrogen (secondary N) is 2. The molecule has 2 N–H and O–H groups in total. The second-order valence-corrected chi connectivity index (χ2v) is 5.58. The number of hydrogen-bond acceptors (Lipinski definition) is 4. The largest absolute Gasteiger partial charge is 0.357 e. The number of rotatable bonds is 4. The fourth-order valence-corrected chi connectivity index (χ4v) is 2.57. The van der Waals surface area contributed by atoms with Crippen LogP contribution in [0.3, 0.4) is 0 Å². The third-order valence-corrected chi connectivity index (χ3v) is 3.51. The first-order valence-electron chi connectivity index (χ1n) is 7.61. The smallest absolute Gasteiger partial charge is 0.224 e. The van der Waals surface area contributed by atoms with Gasteiger partial charge in [-0.1, -0.05) is 36.4 Å². The van der Waals surface area contributed by atoms with E-state index in [1.807, 2.05) is 43.4 Å². The average Bonchev–Trinajstić information content (AvgIpc) is 2.54. The van der Waals surface area contributed by atoms with Gasteiger partial charge in [-0.3, -0.25) is 0 Å². The zero-order chi connectivity index (χ0) is 16.2. The standard InChI is InChI=1S/C19H20N4/c1-13-9-14(2)11-16(10-13)21-18-12-17(22-19(20-3)23-18)15-7-5-4-6-8-15/h4-12H,1-3H3,(H2,20,21,22,23). The second-order valence-electron chi connectivity index (χ2n) is 5.58. The van der Waals surface area contributed by atoms with Crippen LogP contribution in [0.2, 0.25) is 0 Å². The molecule has 0 amide bonds. The summed E-state index contributed by atoms with van der Waals surface area (Å²) in [5.41, 5.74) is 5.42. The molecular weight excluding hydrogens is 284 g/mol. The highest BCUT2D eigenvalue weighted by atomic mass is 15.1. The van der Waals surface area contributed by atoms with Crippen LogP contribution in [0.1, 0.15) is 11.1 Å². The molecule has 116 valence electrons. The fraction of sp³-hybridized carbons (Fsp3) is 0.158. The summed E-state index contributed by atoms with van der Waals surface area (Å²) in [4.78, 5) is 9.04. The molecule has 3 aromatic rings. The van der Waals surface area contributed by atoms with Crippen molar-refractivity contribution in [3.63, 3.8) is 0 Å². The predicted octanol–water partition coefficient (Wildman–Crippen LogP) is 4.55. The molecule has 4 heteroatoms. The lowest BCUT2D eigenvalue weighted by molar-refractivity contribution is 1.15. The molecule has 0 unspecified atom stereocenters. The lowest BCUT2D eigenvalue weighted by Gasteiger charge is -2.11. The van der Waals surface area contributed by atoms with Crippen LogP contribution in [-0.2, 0) is 0 Å². The minimum Gasteiger partial charge on any atom is -0.357 e. The van der Waals surface area contributed by atoms with Crippen LogP contribution in [0.15, 0.2) is 54.6 Å². The summed E-state index contributed by atoms with van der Waals surface area (Å²) in [5.74, 6) is 1.37. The highest BCUT2D eigenvalue weighted by Gasteiger charge is 2.06. The Morgan fingerprint density at radius 2 is 1.52 bits per heavy atom. The number of hydrogen-bond donors (Lipinski definition) is 2. The molecule has 0 fully saturated rings. The van der Waals surface area contributed by atoms with Crippen molar-refractivity contribution >= 4 is 17.5 Å². The second kappa shape index (κ2) is 6.48. The van der Waals surface area contributed by atoms with Gasteiger partial charge in [-0.15, -0.1) is 0 Å². The Bertz CT molecular complexity index is 793. The molecule has 0 saturated heterocycles. The van der Waals surface area contributed by atoms with E-state index in [9.17, 15) is 0 Å². The molecule has 2 aromatic carbocycles. The maximum absolute atomic E-state index is 4.54. The highest BCUT2D eigenvalue weighted by Crippen LogP contribution is 2.24. The van der Waals surface area contributed by atoms with E-state index < -0.39 is 0 Å². The molecular formula is C19H20N4. The van der Waals surface area contributed by atoms with Crippen molar-refractivity contribution in [1.82, 2.24) is 9.97 Å².